The van der Waals surface area contributed by atoms with Crippen molar-refractivity contribution >= 4 is 11.8 Å². The van der Waals surface area contributed by atoms with Crippen molar-refractivity contribution in [3.05, 3.63) is 66.0 Å². The van der Waals surface area contributed by atoms with E-state index >= 15 is 0 Å². The van der Waals surface area contributed by atoms with Crippen LogP contribution in [0.5, 0.6) is 0 Å². The molecule has 272 valence electrons. The maximum Gasteiger partial charge on any atom is 0.0366 e. The first-order chi connectivity index (χ1) is 23.8. The van der Waals surface area contributed by atoms with Gasteiger partial charge in [-0.05, 0) is 54.7 Å². The van der Waals surface area contributed by atoms with E-state index in [-0.39, 0.29) is 0 Å². The fraction of sp³-hybridized carbons (Fsp3) is 0.717. The number of benzene rings is 1. The fourth-order valence-corrected chi connectivity index (χ4v) is 7.01. The third kappa shape index (κ3) is 24.1. The van der Waals surface area contributed by atoms with Crippen LogP contribution < -0.4 is 4.90 Å². The van der Waals surface area contributed by atoms with E-state index < -0.39 is 0 Å². The van der Waals surface area contributed by atoms with Gasteiger partial charge in [0.1, 0.15) is 0 Å². The van der Waals surface area contributed by atoms with Crippen LogP contribution in [-0.4, -0.2) is 18.1 Å². The van der Waals surface area contributed by atoms with Gasteiger partial charge >= 0.3 is 0 Å². The SMILES string of the molecule is CCCCCCCCCCCCCCCCN(CCCCCCCCCCCCCCCC)c1ccc(C=CCc2ccncc2)cc1. The van der Waals surface area contributed by atoms with Gasteiger partial charge in [0.25, 0.3) is 0 Å². The number of hydrogen-bond acceptors (Lipinski definition) is 2. The van der Waals surface area contributed by atoms with Gasteiger partial charge in [0.15, 0.2) is 0 Å². The minimum absolute atomic E-state index is 0.953. The second kappa shape index (κ2) is 32.1. The van der Waals surface area contributed by atoms with Gasteiger partial charge in [0.05, 0.1) is 0 Å². The largest absolute Gasteiger partial charge is 0.372 e. The van der Waals surface area contributed by atoms with Gasteiger partial charge in [0.2, 0.25) is 0 Å². The number of aromatic nitrogens is 1. The summed E-state index contributed by atoms with van der Waals surface area (Å²) in [6, 6.07) is 13.5. The summed E-state index contributed by atoms with van der Waals surface area (Å²) in [4.78, 5) is 6.82. The molecule has 2 heteroatoms. The lowest BCUT2D eigenvalue weighted by Crippen LogP contribution is -2.25. The third-order valence-corrected chi connectivity index (χ3v) is 10.2. The number of hydrogen-bond donors (Lipinski definition) is 0. The van der Waals surface area contributed by atoms with Gasteiger partial charge in [-0.3, -0.25) is 4.98 Å². The van der Waals surface area contributed by atoms with Gasteiger partial charge in [0, 0.05) is 31.2 Å². The zero-order chi connectivity index (χ0) is 34.0. The van der Waals surface area contributed by atoms with E-state index in [0.717, 1.165) is 6.42 Å². The Morgan fingerprint density at radius 3 is 1.17 bits per heavy atom. The first-order valence-corrected chi connectivity index (χ1v) is 21.2. The Kier molecular flexibility index (Phi) is 28.2. The molecule has 1 aromatic carbocycles. The van der Waals surface area contributed by atoms with E-state index in [1.54, 1.807) is 0 Å². The summed E-state index contributed by atoms with van der Waals surface area (Å²) in [6.45, 7) is 7.02. The van der Waals surface area contributed by atoms with E-state index in [9.17, 15) is 0 Å². The molecule has 2 rings (SSSR count). The summed E-state index contributed by atoms with van der Waals surface area (Å²) in [5, 5.41) is 0. The molecule has 1 aromatic heterocycles. The molecule has 1 heterocycles. The van der Waals surface area contributed by atoms with Crippen molar-refractivity contribution in [3.8, 4) is 0 Å². The smallest absolute Gasteiger partial charge is 0.0366 e. The standard InChI is InChI=1S/C46H78N2/c1-3-5-7-9-11-13-15-17-19-21-23-25-27-29-42-48(43-30-28-26-24-22-20-18-16-14-12-10-8-6-4-2)46-36-34-44(35-37-46)32-31-33-45-38-40-47-41-39-45/h31-32,34-41H,3-30,33,42-43H2,1-2H3. The number of pyridine rings is 1. The molecule has 0 unspecified atom stereocenters. The maximum absolute atomic E-state index is 4.13. The summed E-state index contributed by atoms with van der Waals surface area (Å²) in [5.74, 6) is 0. The maximum atomic E-state index is 4.13. The summed E-state index contributed by atoms with van der Waals surface area (Å²) >= 11 is 0. The molecule has 0 radical (unpaired) electrons. The van der Waals surface area contributed by atoms with Gasteiger partial charge in [-0.15, -0.1) is 0 Å². The molecule has 2 nitrogen and oxygen atoms in total. The average molecular weight is 659 g/mol. The second-order valence-corrected chi connectivity index (χ2v) is 14.7. The van der Waals surface area contributed by atoms with Crippen molar-refractivity contribution in [2.45, 2.75) is 200 Å². The molecule has 0 aliphatic rings. The molecule has 0 atom stereocenters. The Bertz CT molecular complexity index is 918. The molecule has 0 saturated heterocycles. The van der Waals surface area contributed by atoms with Crippen LogP contribution in [0.15, 0.2) is 54.9 Å². The number of rotatable bonds is 34. The number of allylic oxidation sites excluding steroid dienone is 1. The molecule has 0 aliphatic heterocycles. The normalized spacial score (nSPS) is 11.5. The quantitative estimate of drug-likeness (QED) is 0.0696. The summed E-state index contributed by atoms with van der Waals surface area (Å²) in [5.41, 5.74) is 4.01. The third-order valence-electron chi connectivity index (χ3n) is 10.2. The van der Waals surface area contributed by atoms with Crippen molar-refractivity contribution < 1.29 is 0 Å². The van der Waals surface area contributed by atoms with Crippen LogP contribution in [0.3, 0.4) is 0 Å². The predicted molar refractivity (Wildman–Crippen MR) is 216 cm³/mol. The summed E-state index contributed by atoms with van der Waals surface area (Å²) in [6.07, 6.45) is 49.1. The van der Waals surface area contributed by atoms with Crippen LogP contribution >= 0.6 is 0 Å². The summed E-state index contributed by atoms with van der Waals surface area (Å²) in [7, 11) is 0. The molecule has 0 saturated carbocycles. The topological polar surface area (TPSA) is 16.1 Å². The molecule has 0 amide bonds. The lowest BCUT2D eigenvalue weighted by molar-refractivity contribution is 0.529. The predicted octanol–water partition coefficient (Wildman–Crippen LogP) is 15.1. The van der Waals surface area contributed by atoms with Crippen LogP contribution in [0.1, 0.15) is 205 Å². The Morgan fingerprint density at radius 2 is 0.792 bits per heavy atom. The van der Waals surface area contributed by atoms with E-state index in [0.29, 0.717) is 0 Å². The van der Waals surface area contributed by atoms with Crippen LogP contribution in [0, 0.1) is 0 Å². The fourth-order valence-electron chi connectivity index (χ4n) is 7.01. The highest BCUT2D eigenvalue weighted by atomic mass is 15.1. The van der Waals surface area contributed by atoms with Crippen molar-refractivity contribution in [3.63, 3.8) is 0 Å². The first kappa shape index (κ1) is 42.1. The lowest BCUT2D eigenvalue weighted by atomic mass is 10.0. The van der Waals surface area contributed by atoms with E-state index in [2.05, 4.69) is 72.3 Å². The molecular formula is C46H78N2. The average Bonchev–Trinajstić information content (AvgIpc) is 3.12. The van der Waals surface area contributed by atoms with Gasteiger partial charge in [-0.1, -0.05) is 205 Å². The van der Waals surface area contributed by atoms with Gasteiger partial charge < -0.3 is 4.90 Å². The van der Waals surface area contributed by atoms with Crippen LogP contribution in [0.4, 0.5) is 5.69 Å². The Morgan fingerprint density at radius 1 is 0.438 bits per heavy atom. The molecule has 0 aliphatic carbocycles. The lowest BCUT2D eigenvalue weighted by Gasteiger charge is -2.25. The van der Waals surface area contributed by atoms with Crippen LogP contribution in [-0.2, 0) is 6.42 Å². The number of nitrogens with zero attached hydrogens (tertiary/aromatic N) is 2. The molecule has 0 fully saturated rings. The number of anilines is 1. The van der Waals surface area contributed by atoms with Gasteiger partial charge in [-0.25, -0.2) is 0 Å². The highest BCUT2D eigenvalue weighted by molar-refractivity contribution is 5.56. The second-order valence-electron chi connectivity index (χ2n) is 14.7. The van der Waals surface area contributed by atoms with Crippen LogP contribution in [0.25, 0.3) is 6.08 Å². The zero-order valence-corrected chi connectivity index (χ0v) is 32.1. The molecule has 0 N–H and O–H groups in total. The van der Waals surface area contributed by atoms with Crippen molar-refractivity contribution in [1.82, 2.24) is 4.98 Å². The molecule has 0 spiro atoms. The van der Waals surface area contributed by atoms with E-state index in [1.165, 1.54) is 210 Å². The minimum Gasteiger partial charge on any atom is -0.372 e. The Balaban J connectivity index is 1.64. The highest BCUT2D eigenvalue weighted by Crippen LogP contribution is 2.20. The molecular weight excluding hydrogens is 581 g/mol. The first-order valence-electron chi connectivity index (χ1n) is 21.2. The van der Waals surface area contributed by atoms with Crippen molar-refractivity contribution in [1.29, 1.82) is 0 Å². The Hall–Kier alpha value is -2.09. The zero-order valence-electron chi connectivity index (χ0n) is 32.1. The van der Waals surface area contributed by atoms with Crippen molar-refractivity contribution in [2.75, 3.05) is 18.0 Å². The monoisotopic (exact) mass is 659 g/mol. The van der Waals surface area contributed by atoms with Crippen molar-refractivity contribution in [2.24, 2.45) is 0 Å². The highest BCUT2D eigenvalue weighted by Gasteiger charge is 2.07. The molecule has 48 heavy (non-hydrogen) atoms. The molecule has 2 aromatic rings. The minimum atomic E-state index is 0.953. The molecule has 0 bridgehead atoms. The van der Waals surface area contributed by atoms with E-state index in [4.69, 9.17) is 0 Å². The van der Waals surface area contributed by atoms with Gasteiger partial charge in [-0.2, -0.15) is 0 Å². The van der Waals surface area contributed by atoms with E-state index in [1.807, 2.05) is 12.4 Å². The summed E-state index contributed by atoms with van der Waals surface area (Å²) < 4.78 is 0. The van der Waals surface area contributed by atoms with Crippen LogP contribution in [0.2, 0.25) is 0 Å². The Labute approximate surface area is 300 Å². The number of unbranched alkanes of at least 4 members (excludes halogenated alkanes) is 26.